The van der Waals surface area contributed by atoms with Crippen LogP contribution in [0.15, 0.2) is 0 Å². The zero-order valence-electron chi connectivity index (χ0n) is 4.92. The smallest absolute Gasteiger partial charge is 0.150 e. The Morgan fingerprint density at radius 3 is 2.25 bits per heavy atom. The number of hydrogen-bond donors (Lipinski definition) is 0. The maximum atomic E-state index is 10.6. The summed E-state index contributed by atoms with van der Waals surface area (Å²) in [6.07, 6.45) is 0.863. The minimum atomic E-state index is -2.60. The molecule has 3 heteroatoms. The SMILES string of the molecule is C[C@@H]1CCS(=O)(=O)C1. The molecule has 0 aromatic heterocycles. The molecule has 1 aliphatic rings. The zero-order valence-corrected chi connectivity index (χ0v) is 5.74. The predicted molar refractivity (Wildman–Crippen MR) is 32.4 cm³/mol. The number of rotatable bonds is 0. The first-order valence-electron chi connectivity index (χ1n) is 2.80. The van der Waals surface area contributed by atoms with Gasteiger partial charge in [-0.05, 0) is 12.3 Å². The molecule has 1 saturated heterocycles. The highest BCUT2D eigenvalue weighted by Crippen LogP contribution is 2.16. The van der Waals surface area contributed by atoms with Crippen molar-refractivity contribution in [2.75, 3.05) is 11.5 Å². The third kappa shape index (κ3) is 1.22. The number of sulfone groups is 1. The van der Waals surface area contributed by atoms with Gasteiger partial charge in [-0.2, -0.15) is 0 Å². The molecule has 2 nitrogen and oxygen atoms in total. The normalized spacial score (nSPS) is 35.4. The van der Waals surface area contributed by atoms with Crippen molar-refractivity contribution in [3.63, 3.8) is 0 Å². The van der Waals surface area contributed by atoms with Gasteiger partial charge in [0.15, 0.2) is 9.84 Å². The molecule has 0 aromatic carbocycles. The zero-order chi connectivity index (χ0) is 6.20. The van der Waals surface area contributed by atoms with Crippen molar-refractivity contribution in [1.82, 2.24) is 0 Å². The lowest BCUT2D eigenvalue weighted by molar-refractivity contribution is 0.599. The Kier molecular flexibility index (Phi) is 1.31. The summed E-state index contributed by atoms with van der Waals surface area (Å²) in [5.41, 5.74) is 0. The van der Waals surface area contributed by atoms with Gasteiger partial charge in [0.1, 0.15) is 0 Å². The number of hydrogen-bond acceptors (Lipinski definition) is 2. The molecule has 0 amide bonds. The van der Waals surface area contributed by atoms with E-state index in [4.69, 9.17) is 0 Å². The van der Waals surface area contributed by atoms with Crippen LogP contribution in [0.2, 0.25) is 0 Å². The average Bonchev–Trinajstić information content (AvgIpc) is 1.82. The summed E-state index contributed by atoms with van der Waals surface area (Å²) in [6.45, 7) is 1.98. The van der Waals surface area contributed by atoms with Crippen LogP contribution in [0.25, 0.3) is 0 Å². The largest absolute Gasteiger partial charge is 0.229 e. The van der Waals surface area contributed by atoms with Crippen LogP contribution < -0.4 is 0 Å². The monoisotopic (exact) mass is 134 g/mol. The van der Waals surface area contributed by atoms with Gasteiger partial charge in [0.2, 0.25) is 0 Å². The molecule has 0 aliphatic carbocycles. The van der Waals surface area contributed by atoms with Crippen molar-refractivity contribution in [2.45, 2.75) is 13.3 Å². The summed E-state index contributed by atoms with van der Waals surface area (Å²) < 4.78 is 21.3. The van der Waals surface area contributed by atoms with Gasteiger partial charge in [0.05, 0.1) is 11.5 Å². The molecule has 0 radical (unpaired) electrons. The van der Waals surface area contributed by atoms with E-state index >= 15 is 0 Å². The second-order valence-corrected chi connectivity index (χ2v) is 4.74. The lowest BCUT2D eigenvalue weighted by atomic mass is 10.2. The Bertz CT molecular complexity index is 169. The minimum absolute atomic E-state index is 0.403. The topological polar surface area (TPSA) is 34.1 Å². The maximum Gasteiger partial charge on any atom is 0.150 e. The Balaban J connectivity index is 2.71. The van der Waals surface area contributed by atoms with Crippen molar-refractivity contribution in [1.29, 1.82) is 0 Å². The van der Waals surface area contributed by atoms with Crippen molar-refractivity contribution >= 4 is 9.84 Å². The van der Waals surface area contributed by atoms with E-state index in [0.29, 0.717) is 17.4 Å². The van der Waals surface area contributed by atoms with Crippen LogP contribution in [0.1, 0.15) is 13.3 Å². The highest BCUT2D eigenvalue weighted by molar-refractivity contribution is 7.91. The van der Waals surface area contributed by atoms with E-state index < -0.39 is 9.84 Å². The Hall–Kier alpha value is -0.0500. The fraction of sp³-hybridized carbons (Fsp3) is 1.00. The minimum Gasteiger partial charge on any atom is -0.229 e. The van der Waals surface area contributed by atoms with Crippen molar-refractivity contribution in [3.05, 3.63) is 0 Å². The van der Waals surface area contributed by atoms with Crippen LogP contribution in [0, 0.1) is 5.92 Å². The molecule has 0 unspecified atom stereocenters. The molecular weight excluding hydrogens is 124 g/mol. The summed E-state index contributed by atoms with van der Waals surface area (Å²) in [5, 5.41) is 0. The Morgan fingerprint density at radius 2 is 2.12 bits per heavy atom. The summed E-state index contributed by atoms with van der Waals surface area (Å²) in [7, 11) is -2.60. The van der Waals surface area contributed by atoms with Crippen molar-refractivity contribution in [2.24, 2.45) is 5.92 Å². The lowest BCUT2D eigenvalue weighted by Crippen LogP contribution is -2.01. The predicted octanol–water partition coefficient (Wildman–Crippen LogP) is 0.441. The molecule has 1 heterocycles. The average molecular weight is 134 g/mol. The molecule has 0 N–H and O–H groups in total. The van der Waals surface area contributed by atoms with Crippen LogP contribution >= 0.6 is 0 Å². The second-order valence-electron chi connectivity index (χ2n) is 2.51. The van der Waals surface area contributed by atoms with Crippen LogP contribution in [0.4, 0.5) is 0 Å². The summed E-state index contributed by atoms with van der Waals surface area (Å²) in [6, 6.07) is 0. The molecule has 0 bridgehead atoms. The van der Waals surface area contributed by atoms with Crippen LogP contribution in [0.3, 0.4) is 0 Å². The molecule has 1 aliphatic heterocycles. The highest BCUT2D eigenvalue weighted by atomic mass is 32.2. The molecule has 1 atom stereocenters. The molecule has 1 fully saturated rings. The summed E-state index contributed by atoms with van der Waals surface area (Å²) in [4.78, 5) is 0. The third-order valence-electron chi connectivity index (χ3n) is 1.46. The summed E-state index contributed by atoms with van der Waals surface area (Å²) >= 11 is 0. The molecule has 1 rings (SSSR count). The molecule has 48 valence electrons. The second kappa shape index (κ2) is 1.72. The first kappa shape index (κ1) is 6.08. The van der Waals surface area contributed by atoms with E-state index in [1.54, 1.807) is 0 Å². The summed E-state index contributed by atoms with van der Waals surface area (Å²) in [5.74, 6) is 1.22. The van der Waals surface area contributed by atoms with E-state index in [1.165, 1.54) is 0 Å². The van der Waals surface area contributed by atoms with E-state index in [-0.39, 0.29) is 0 Å². The van der Waals surface area contributed by atoms with E-state index in [0.717, 1.165) is 6.42 Å². The molecule has 8 heavy (non-hydrogen) atoms. The van der Waals surface area contributed by atoms with Crippen LogP contribution in [-0.4, -0.2) is 19.9 Å². The van der Waals surface area contributed by atoms with Gasteiger partial charge in [-0.25, -0.2) is 8.42 Å². The first-order chi connectivity index (χ1) is 3.60. The molecule has 0 spiro atoms. The van der Waals surface area contributed by atoms with Gasteiger partial charge < -0.3 is 0 Å². The standard InChI is InChI=1S/C5H10O2S/c1-5-2-3-8(6,7)4-5/h5H,2-4H2,1H3/t5-/m1/s1. The van der Waals surface area contributed by atoms with Crippen molar-refractivity contribution < 1.29 is 8.42 Å². The lowest BCUT2D eigenvalue weighted by Gasteiger charge is -1.90. The van der Waals surface area contributed by atoms with E-state index in [9.17, 15) is 8.42 Å². The van der Waals surface area contributed by atoms with Gasteiger partial charge in [-0.3, -0.25) is 0 Å². The molecular formula is C5H10O2S. The fourth-order valence-corrected chi connectivity index (χ4v) is 2.94. The van der Waals surface area contributed by atoms with Gasteiger partial charge in [-0.1, -0.05) is 6.92 Å². The third-order valence-corrected chi connectivity index (χ3v) is 3.39. The van der Waals surface area contributed by atoms with Gasteiger partial charge in [-0.15, -0.1) is 0 Å². The highest BCUT2D eigenvalue weighted by Gasteiger charge is 2.23. The van der Waals surface area contributed by atoms with Gasteiger partial charge in [0, 0.05) is 0 Å². The van der Waals surface area contributed by atoms with Crippen molar-refractivity contribution in [3.8, 4) is 0 Å². The fourth-order valence-electron chi connectivity index (χ4n) is 0.981. The Morgan fingerprint density at radius 1 is 1.50 bits per heavy atom. The quantitative estimate of drug-likeness (QED) is 0.482. The maximum absolute atomic E-state index is 10.6. The van der Waals surface area contributed by atoms with Crippen LogP contribution in [-0.2, 0) is 9.84 Å². The Labute approximate surface area is 49.8 Å². The van der Waals surface area contributed by atoms with E-state index in [1.807, 2.05) is 6.92 Å². The van der Waals surface area contributed by atoms with E-state index in [2.05, 4.69) is 0 Å². The van der Waals surface area contributed by atoms with Gasteiger partial charge >= 0.3 is 0 Å². The first-order valence-corrected chi connectivity index (χ1v) is 4.63. The molecule has 0 aromatic rings. The van der Waals surface area contributed by atoms with Crippen LogP contribution in [0.5, 0.6) is 0 Å². The van der Waals surface area contributed by atoms with Gasteiger partial charge in [0.25, 0.3) is 0 Å². The molecule has 0 saturated carbocycles.